The summed E-state index contributed by atoms with van der Waals surface area (Å²) >= 11 is 6.37. The summed E-state index contributed by atoms with van der Waals surface area (Å²) in [6, 6.07) is 1.96. The first-order valence-electron chi connectivity index (χ1n) is 7.44. The van der Waals surface area contributed by atoms with Gasteiger partial charge in [0.25, 0.3) is 0 Å². The van der Waals surface area contributed by atoms with E-state index in [1.807, 2.05) is 6.07 Å². The molecule has 1 aliphatic heterocycles. The largest absolute Gasteiger partial charge is 0.476 e. The standard InChI is InChI=1S/C16H18ClNO4/c1-4-20-16(19)12-7-9-6-10-11(5-8(2)3)18-22-15(10)13(17)14(9)21-12/h6,8,12H,4-5,7H2,1-3H3. The first kappa shape index (κ1) is 15.2. The Morgan fingerprint density at radius 3 is 3.00 bits per heavy atom. The lowest BCUT2D eigenvalue weighted by Crippen LogP contribution is -2.27. The van der Waals surface area contributed by atoms with E-state index < -0.39 is 6.10 Å². The second-order valence-corrected chi connectivity index (χ2v) is 6.22. The molecule has 2 heterocycles. The van der Waals surface area contributed by atoms with E-state index >= 15 is 0 Å². The maximum absolute atomic E-state index is 11.8. The molecular weight excluding hydrogens is 306 g/mol. The number of nitrogens with zero attached hydrogens (tertiary/aromatic N) is 1. The molecule has 3 rings (SSSR count). The normalized spacial score (nSPS) is 16.9. The van der Waals surface area contributed by atoms with Crippen molar-refractivity contribution in [3.63, 3.8) is 0 Å². The second-order valence-electron chi connectivity index (χ2n) is 5.85. The molecule has 0 amide bonds. The minimum absolute atomic E-state index is 0.327. The summed E-state index contributed by atoms with van der Waals surface area (Å²) < 4.78 is 16.0. The molecule has 1 aromatic carbocycles. The quantitative estimate of drug-likeness (QED) is 0.805. The molecule has 6 heteroatoms. The average Bonchev–Trinajstić information content (AvgIpc) is 3.04. The van der Waals surface area contributed by atoms with Crippen LogP contribution in [0, 0.1) is 5.92 Å². The van der Waals surface area contributed by atoms with Gasteiger partial charge in [0.15, 0.2) is 11.7 Å². The zero-order chi connectivity index (χ0) is 15.9. The lowest BCUT2D eigenvalue weighted by Gasteiger charge is -2.09. The molecule has 0 bridgehead atoms. The Morgan fingerprint density at radius 1 is 1.55 bits per heavy atom. The summed E-state index contributed by atoms with van der Waals surface area (Å²) in [5, 5.41) is 5.38. The molecule has 118 valence electrons. The molecule has 5 nitrogen and oxygen atoms in total. The van der Waals surface area contributed by atoms with Crippen LogP contribution < -0.4 is 4.74 Å². The zero-order valence-electron chi connectivity index (χ0n) is 12.8. The maximum atomic E-state index is 11.8. The number of ether oxygens (including phenoxy) is 2. The van der Waals surface area contributed by atoms with E-state index in [-0.39, 0.29) is 5.97 Å². The molecule has 0 N–H and O–H groups in total. The van der Waals surface area contributed by atoms with E-state index in [0.29, 0.717) is 35.3 Å². The number of carbonyl (C=O) groups is 1. The van der Waals surface area contributed by atoms with Crippen LogP contribution in [0.3, 0.4) is 0 Å². The molecule has 1 unspecified atom stereocenters. The molecule has 2 aromatic rings. The van der Waals surface area contributed by atoms with Crippen LogP contribution in [-0.4, -0.2) is 23.8 Å². The van der Waals surface area contributed by atoms with Gasteiger partial charge in [0, 0.05) is 17.4 Å². The summed E-state index contributed by atoms with van der Waals surface area (Å²) in [7, 11) is 0. The van der Waals surface area contributed by atoms with E-state index in [2.05, 4.69) is 19.0 Å². The minimum atomic E-state index is -0.638. The number of aromatic nitrogens is 1. The van der Waals surface area contributed by atoms with Crippen molar-refractivity contribution >= 4 is 28.5 Å². The third-order valence-electron chi connectivity index (χ3n) is 3.63. The summed E-state index contributed by atoms with van der Waals surface area (Å²) in [6.07, 6.45) is 0.626. The summed E-state index contributed by atoms with van der Waals surface area (Å²) in [5.74, 6) is 0.593. The van der Waals surface area contributed by atoms with Gasteiger partial charge < -0.3 is 14.0 Å². The lowest BCUT2D eigenvalue weighted by atomic mass is 10.0. The van der Waals surface area contributed by atoms with Gasteiger partial charge in [0.05, 0.1) is 12.3 Å². The van der Waals surface area contributed by atoms with Crippen molar-refractivity contribution in [1.29, 1.82) is 0 Å². The van der Waals surface area contributed by atoms with Gasteiger partial charge in [-0.15, -0.1) is 0 Å². The number of halogens is 1. The predicted molar refractivity (Wildman–Crippen MR) is 82.3 cm³/mol. The number of rotatable bonds is 4. The fourth-order valence-corrected chi connectivity index (χ4v) is 2.99. The molecule has 1 atom stereocenters. The van der Waals surface area contributed by atoms with Crippen molar-refractivity contribution in [1.82, 2.24) is 5.16 Å². The number of carbonyl (C=O) groups excluding carboxylic acids is 1. The van der Waals surface area contributed by atoms with E-state index in [1.165, 1.54) is 0 Å². The number of esters is 1. The fourth-order valence-electron chi connectivity index (χ4n) is 2.68. The first-order chi connectivity index (χ1) is 10.5. The lowest BCUT2D eigenvalue weighted by molar-refractivity contribution is -0.150. The van der Waals surface area contributed by atoms with Crippen LogP contribution in [0.2, 0.25) is 5.02 Å². The van der Waals surface area contributed by atoms with Gasteiger partial charge in [-0.2, -0.15) is 0 Å². The van der Waals surface area contributed by atoms with Crippen LogP contribution in [0.1, 0.15) is 32.0 Å². The van der Waals surface area contributed by atoms with E-state index in [9.17, 15) is 4.79 Å². The van der Waals surface area contributed by atoms with E-state index in [1.54, 1.807) is 6.92 Å². The molecule has 0 spiro atoms. The Labute approximate surface area is 133 Å². The number of hydrogen-bond acceptors (Lipinski definition) is 5. The van der Waals surface area contributed by atoms with Crippen molar-refractivity contribution < 1.29 is 18.8 Å². The summed E-state index contributed by atoms with van der Waals surface area (Å²) in [5.41, 5.74) is 2.29. The fraction of sp³-hybridized carbons (Fsp3) is 0.500. The Bertz CT molecular complexity index is 722. The number of benzene rings is 1. The van der Waals surface area contributed by atoms with Crippen molar-refractivity contribution in [3.8, 4) is 5.75 Å². The Morgan fingerprint density at radius 2 is 2.32 bits per heavy atom. The smallest absolute Gasteiger partial charge is 0.347 e. The van der Waals surface area contributed by atoms with Gasteiger partial charge in [0.1, 0.15) is 10.8 Å². The third-order valence-corrected chi connectivity index (χ3v) is 3.97. The highest BCUT2D eigenvalue weighted by molar-refractivity contribution is 6.36. The SMILES string of the molecule is CCOC(=O)C1Cc2cc3c(CC(C)C)noc3c(Cl)c2O1. The van der Waals surface area contributed by atoms with Crippen LogP contribution in [0.5, 0.6) is 5.75 Å². The summed E-state index contributed by atoms with van der Waals surface area (Å²) in [6.45, 7) is 6.34. The molecule has 0 aliphatic carbocycles. The molecule has 0 fully saturated rings. The molecule has 0 radical (unpaired) electrons. The van der Waals surface area contributed by atoms with Gasteiger partial charge in [0.2, 0.25) is 0 Å². The second kappa shape index (κ2) is 5.80. The van der Waals surface area contributed by atoms with E-state index in [4.69, 9.17) is 25.6 Å². The van der Waals surface area contributed by atoms with Gasteiger partial charge in [-0.25, -0.2) is 4.79 Å². The van der Waals surface area contributed by atoms with Crippen molar-refractivity contribution in [2.45, 2.75) is 39.7 Å². The van der Waals surface area contributed by atoms with E-state index in [0.717, 1.165) is 23.1 Å². The van der Waals surface area contributed by atoms with Crippen LogP contribution in [-0.2, 0) is 22.4 Å². The predicted octanol–water partition coefficient (Wildman–Crippen LogP) is 3.55. The topological polar surface area (TPSA) is 61.6 Å². The van der Waals surface area contributed by atoms with Gasteiger partial charge >= 0.3 is 5.97 Å². The van der Waals surface area contributed by atoms with Crippen LogP contribution >= 0.6 is 11.6 Å². The van der Waals surface area contributed by atoms with Crippen LogP contribution in [0.15, 0.2) is 10.6 Å². The maximum Gasteiger partial charge on any atom is 0.347 e. The zero-order valence-corrected chi connectivity index (χ0v) is 13.6. The van der Waals surface area contributed by atoms with Gasteiger partial charge in [-0.3, -0.25) is 0 Å². The average molecular weight is 324 g/mol. The van der Waals surface area contributed by atoms with Crippen molar-refractivity contribution in [2.75, 3.05) is 6.61 Å². The van der Waals surface area contributed by atoms with Crippen LogP contribution in [0.4, 0.5) is 0 Å². The molecule has 1 aromatic heterocycles. The van der Waals surface area contributed by atoms with Crippen LogP contribution in [0.25, 0.3) is 11.0 Å². The van der Waals surface area contributed by atoms with Gasteiger partial charge in [-0.1, -0.05) is 30.6 Å². The molecule has 1 aliphatic rings. The van der Waals surface area contributed by atoms with Crippen molar-refractivity contribution in [3.05, 3.63) is 22.3 Å². The Balaban J connectivity index is 1.98. The minimum Gasteiger partial charge on any atom is -0.476 e. The van der Waals surface area contributed by atoms with Crippen molar-refractivity contribution in [2.24, 2.45) is 5.92 Å². The highest BCUT2D eigenvalue weighted by atomic mass is 35.5. The monoisotopic (exact) mass is 323 g/mol. The molecular formula is C16H18ClNO4. The van der Waals surface area contributed by atoms with Gasteiger partial charge in [-0.05, 0) is 25.3 Å². The molecule has 22 heavy (non-hydrogen) atoms. The highest BCUT2D eigenvalue weighted by Gasteiger charge is 2.34. The molecule has 0 saturated carbocycles. The summed E-state index contributed by atoms with van der Waals surface area (Å²) in [4.78, 5) is 11.8. The number of hydrogen-bond donors (Lipinski definition) is 0. The Hall–Kier alpha value is -1.75. The molecule has 0 saturated heterocycles. The first-order valence-corrected chi connectivity index (χ1v) is 7.82. The Kier molecular flexibility index (Phi) is 4.00. The third kappa shape index (κ3) is 2.54. The number of fused-ring (bicyclic) bond motifs is 2. The highest BCUT2D eigenvalue weighted by Crippen LogP contribution is 2.42.